The maximum atomic E-state index is 12.8. The highest BCUT2D eigenvalue weighted by Gasteiger charge is 2.21. The average molecular weight is 415 g/mol. The first kappa shape index (κ1) is 21.0. The molecule has 0 radical (unpaired) electrons. The van der Waals surface area contributed by atoms with E-state index in [4.69, 9.17) is 11.6 Å². The van der Waals surface area contributed by atoms with E-state index in [9.17, 15) is 9.59 Å². The number of benzene rings is 2. The summed E-state index contributed by atoms with van der Waals surface area (Å²) in [4.78, 5) is 27.4. The summed E-state index contributed by atoms with van der Waals surface area (Å²) < 4.78 is 0. The van der Waals surface area contributed by atoms with Gasteiger partial charge in [-0.25, -0.2) is 4.79 Å². The van der Waals surface area contributed by atoms with Gasteiger partial charge in [0.2, 0.25) is 0 Å². The predicted octanol–water partition coefficient (Wildman–Crippen LogP) is 5.03. The standard InChI is InChI=1S/C22H27ClN4O2/c1-14(2)24-21(28)18-12-16(8-9-20(18)27-10-4-5-11-27)25-22(29)26-17-7-6-15(3)19(23)13-17/h6-9,12-14H,4-5,10-11H2,1-3H3,(H,24,28)(H2,25,26,29). The van der Waals surface area contributed by atoms with Crippen LogP contribution in [0.3, 0.4) is 0 Å². The van der Waals surface area contributed by atoms with Crippen LogP contribution in [0.4, 0.5) is 21.9 Å². The van der Waals surface area contributed by atoms with Gasteiger partial charge in [0.1, 0.15) is 0 Å². The molecular weight excluding hydrogens is 388 g/mol. The molecule has 0 bridgehead atoms. The Bertz CT molecular complexity index is 908. The van der Waals surface area contributed by atoms with Gasteiger partial charge in [0.15, 0.2) is 0 Å². The molecule has 1 heterocycles. The molecule has 1 saturated heterocycles. The van der Waals surface area contributed by atoms with Crippen LogP contribution in [-0.4, -0.2) is 31.1 Å². The lowest BCUT2D eigenvalue weighted by molar-refractivity contribution is 0.0943. The summed E-state index contributed by atoms with van der Waals surface area (Å²) in [6.07, 6.45) is 2.24. The van der Waals surface area contributed by atoms with E-state index in [1.807, 2.05) is 39.0 Å². The van der Waals surface area contributed by atoms with Gasteiger partial charge in [-0.1, -0.05) is 17.7 Å². The minimum atomic E-state index is -0.394. The zero-order chi connectivity index (χ0) is 21.0. The molecule has 3 rings (SSSR count). The number of aryl methyl sites for hydroxylation is 1. The Balaban J connectivity index is 1.78. The van der Waals surface area contributed by atoms with E-state index in [2.05, 4.69) is 20.9 Å². The lowest BCUT2D eigenvalue weighted by Gasteiger charge is -2.22. The average Bonchev–Trinajstić information content (AvgIpc) is 3.18. The van der Waals surface area contributed by atoms with Crippen LogP contribution in [0.2, 0.25) is 5.02 Å². The van der Waals surface area contributed by atoms with Crippen molar-refractivity contribution in [3.63, 3.8) is 0 Å². The number of hydrogen-bond acceptors (Lipinski definition) is 3. The largest absolute Gasteiger partial charge is 0.371 e. The molecule has 2 aromatic rings. The number of nitrogens with one attached hydrogen (secondary N) is 3. The van der Waals surface area contributed by atoms with E-state index in [1.165, 1.54) is 0 Å². The molecule has 0 atom stereocenters. The second-order valence-corrected chi connectivity index (χ2v) is 8.00. The summed E-state index contributed by atoms with van der Waals surface area (Å²) in [5, 5.41) is 9.10. The fourth-order valence-corrected chi connectivity index (χ4v) is 3.51. The van der Waals surface area contributed by atoms with E-state index in [0.29, 0.717) is 22.0 Å². The number of halogens is 1. The van der Waals surface area contributed by atoms with E-state index in [1.54, 1.807) is 18.2 Å². The quantitative estimate of drug-likeness (QED) is 0.642. The van der Waals surface area contributed by atoms with Crippen LogP contribution in [0, 0.1) is 6.92 Å². The van der Waals surface area contributed by atoms with Crippen molar-refractivity contribution in [1.29, 1.82) is 0 Å². The van der Waals surface area contributed by atoms with Gasteiger partial charge in [-0.15, -0.1) is 0 Å². The Morgan fingerprint density at radius 2 is 1.62 bits per heavy atom. The summed E-state index contributed by atoms with van der Waals surface area (Å²) in [5.74, 6) is -0.142. The number of hydrogen-bond donors (Lipinski definition) is 3. The molecule has 154 valence electrons. The van der Waals surface area contributed by atoms with Gasteiger partial charge in [-0.05, 0) is 69.5 Å². The van der Waals surface area contributed by atoms with Gasteiger partial charge in [0, 0.05) is 41.2 Å². The number of urea groups is 1. The minimum absolute atomic E-state index is 0.0279. The molecular formula is C22H27ClN4O2. The second kappa shape index (κ2) is 9.18. The number of carbonyl (C=O) groups is 2. The normalized spacial score (nSPS) is 13.5. The van der Waals surface area contributed by atoms with Crippen molar-refractivity contribution in [3.05, 3.63) is 52.5 Å². The van der Waals surface area contributed by atoms with E-state index in [-0.39, 0.29) is 11.9 Å². The number of anilines is 3. The maximum Gasteiger partial charge on any atom is 0.323 e. The number of rotatable bonds is 5. The van der Waals surface area contributed by atoms with Gasteiger partial charge in [-0.3, -0.25) is 4.79 Å². The molecule has 3 N–H and O–H groups in total. The van der Waals surface area contributed by atoms with Crippen molar-refractivity contribution in [1.82, 2.24) is 5.32 Å². The molecule has 0 aliphatic carbocycles. The number of amides is 3. The Hall–Kier alpha value is -2.73. The minimum Gasteiger partial charge on any atom is -0.371 e. The van der Waals surface area contributed by atoms with E-state index < -0.39 is 6.03 Å². The van der Waals surface area contributed by atoms with Crippen LogP contribution in [0.5, 0.6) is 0 Å². The van der Waals surface area contributed by atoms with Gasteiger partial charge in [0.05, 0.1) is 5.56 Å². The van der Waals surface area contributed by atoms with Crippen molar-refractivity contribution >= 4 is 40.6 Å². The molecule has 29 heavy (non-hydrogen) atoms. The van der Waals surface area contributed by atoms with Gasteiger partial charge in [0.25, 0.3) is 5.91 Å². The first-order valence-corrected chi connectivity index (χ1v) is 10.3. The Kier molecular flexibility index (Phi) is 6.64. The third-order valence-corrected chi connectivity index (χ3v) is 5.20. The lowest BCUT2D eigenvalue weighted by Crippen LogP contribution is -2.32. The van der Waals surface area contributed by atoms with Crippen LogP contribution in [0.25, 0.3) is 0 Å². The van der Waals surface area contributed by atoms with Crippen LogP contribution < -0.4 is 20.9 Å². The maximum absolute atomic E-state index is 12.8. The number of carbonyl (C=O) groups excluding carboxylic acids is 2. The van der Waals surface area contributed by atoms with Crippen molar-refractivity contribution in [3.8, 4) is 0 Å². The summed E-state index contributed by atoms with van der Waals surface area (Å²) in [6, 6.07) is 10.4. The monoisotopic (exact) mass is 414 g/mol. The topological polar surface area (TPSA) is 73.5 Å². The molecule has 3 amide bonds. The van der Waals surface area contributed by atoms with Gasteiger partial charge in [-0.2, -0.15) is 0 Å². The predicted molar refractivity (Wildman–Crippen MR) is 119 cm³/mol. The zero-order valence-electron chi connectivity index (χ0n) is 17.0. The molecule has 0 spiro atoms. The third kappa shape index (κ3) is 5.41. The summed E-state index contributed by atoms with van der Waals surface area (Å²) in [7, 11) is 0. The SMILES string of the molecule is Cc1ccc(NC(=O)Nc2ccc(N3CCCC3)c(C(=O)NC(C)C)c2)cc1Cl. The van der Waals surface area contributed by atoms with Crippen LogP contribution >= 0.6 is 11.6 Å². The molecule has 0 saturated carbocycles. The first-order chi connectivity index (χ1) is 13.8. The van der Waals surface area contributed by atoms with Gasteiger partial charge >= 0.3 is 6.03 Å². The fourth-order valence-electron chi connectivity index (χ4n) is 3.33. The van der Waals surface area contributed by atoms with Crippen molar-refractivity contribution in [2.24, 2.45) is 0 Å². The molecule has 0 unspecified atom stereocenters. The molecule has 0 aromatic heterocycles. The molecule has 2 aromatic carbocycles. The molecule has 7 heteroatoms. The lowest BCUT2D eigenvalue weighted by atomic mass is 10.1. The Morgan fingerprint density at radius 3 is 2.24 bits per heavy atom. The first-order valence-electron chi connectivity index (χ1n) is 9.87. The smallest absolute Gasteiger partial charge is 0.323 e. The molecule has 1 fully saturated rings. The van der Waals surface area contributed by atoms with Gasteiger partial charge < -0.3 is 20.9 Å². The number of nitrogens with zero attached hydrogens (tertiary/aromatic N) is 1. The highest BCUT2D eigenvalue weighted by atomic mass is 35.5. The highest BCUT2D eigenvalue weighted by molar-refractivity contribution is 6.31. The van der Waals surface area contributed by atoms with E-state index >= 15 is 0 Å². The van der Waals surface area contributed by atoms with Crippen molar-refractivity contribution < 1.29 is 9.59 Å². The Labute approximate surface area is 176 Å². The third-order valence-electron chi connectivity index (χ3n) is 4.80. The van der Waals surface area contributed by atoms with Crippen molar-refractivity contribution in [2.45, 2.75) is 39.7 Å². The zero-order valence-corrected chi connectivity index (χ0v) is 17.8. The molecule has 1 aliphatic heterocycles. The van der Waals surface area contributed by atoms with E-state index in [0.717, 1.165) is 37.2 Å². The van der Waals surface area contributed by atoms with Crippen molar-refractivity contribution in [2.75, 3.05) is 28.6 Å². The fraction of sp³-hybridized carbons (Fsp3) is 0.364. The molecule has 6 nitrogen and oxygen atoms in total. The van der Waals surface area contributed by atoms with Crippen LogP contribution in [-0.2, 0) is 0 Å². The van der Waals surface area contributed by atoms with Crippen LogP contribution in [0.1, 0.15) is 42.6 Å². The summed E-state index contributed by atoms with van der Waals surface area (Å²) in [6.45, 7) is 7.62. The molecule has 1 aliphatic rings. The Morgan fingerprint density at radius 1 is 1.00 bits per heavy atom. The summed E-state index contributed by atoms with van der Waals surface area (Å²) >= 11 is 6.11. The second-order valence-electron chi connectivity index (χ2n) is 7.60. The summed E-state index contributed by atoms with van der Waals surface area (Å²) in [5.41, 5.74) is 3.56. The highest BCUT2D eigenvalue weighted by Crippen LogP contribution is 2.28. The van der Waals surface area contributed by atoms with Crippen LogP contribution in [0.15, 0.2) is 36.4 Å².